The molecule has 0 fully saturated rings. The molecule has 0 atom stereocenters. The molecular formula is C19H16N4O5. The van der Waals surface area contributed by atoms with Gasteiger partial charge in [-0.15, -0.1) is 0 Å². The second kappa shape index (κ2) is 8.12. The first-order chi connectivity index (χ1) is 13.5. The van der Waals surface area contributed by atoms with Gasteiger partial charge in [0.15, 0.2) is 6.61 Å². The standard InChI is InChI=1S/C19H16N4O5/c1-20-15-8-7-12(23(26)27)10-14(15)19(25)28-11-18(24)22-17-6-2-5-16-13(17)4-3-9-21-16/h2-10,20H,11H2,1H3,(H,22,24). The number of benzene rings is 2. The van der Waals surface area contributed by atoms with E-state index in [-0.39, 0.29) is 11.3 Å². The predicted molar refractivity (Wildman–Crippen MR) is 103 cm³/mol. The summed E-state index contributed by atoms with van der Waals surface area (Å²) in [5.41, 5.74) is 1.33. The molecule has 0 radical (unpaired) electrons. The number of carbonyl (C=O) groups is 2. The number of hydrogen-bond donors (Lipinski definition) is 2. The van der Waals surface area contributed by atoms with E-state index in [1.807, 2.05) is 12.1 Å². The number of pyridine rings is 1. The average molecular weight is 380 g/mol. The summed E-state index contributed by atoms with van der Waals surface area (Å²) in [5, 5.41) is 17.1. The van der Waals surface area contributed by atoms with Gasteiger partial charge in [-0.25, -0.2) is 4.79 Å². The van der Waals surface area contributed by atoms with E-state index in [2.05, 4.69) is 15.6 Å². The van der Waals surface area contributed by atoms with Crippen LogP contribution >= 0.6 is 0 Å². The van der Waals surface area contributed by atoms with E-state index < -0.39 is 23.4 Å². The van der Waals surface area contributed by atoms with Crippen LogP contribution in [-0.4, -0.2) is 35.4 Å². The molecule has 0 saturated heterocycles. The number of amides is 1. The molecule has 0 aliphatic rings. The first-order valence-electron chi connectivity index (χ1n) is 8.26. The van der Waals surface area contributed by atoms with Crippen LogP contribution in [0.5, 0.6) is 0 Å². The largest absolute Gasteiger partial charge is 0.452 e. The number of aromatic nitrogens is 1. The number of nitrogens with one attached hydrogen (secondary N) is 2. The molecule has 0 saturated carbocycles. The minimum atomic E-state index is -0.845. The number of nitro groups is 1. The van der Waals surface area contributed by atoms with Crippen molar-refractivity contribution in [2.45, 2.75) is 0 Å². The number of esters is 1. The van der Waals surface area contributed by atoms with E-state index in [1.54, 1.807) is 31.4 Å². The first-order valence-corrected chi connectivity index (χ1v) is 8.26. The van der Waals surface area contributed by atoms with Crippen LogP contribution in [0.4, 0.5) is 17.1 Å². The Balaban J connectivity index is 1.70. The lowest BCUT2D eigenvalue weighted by Crippen LogP contribution is -2.21. The first kappa shape index (κ1) is 18.8. The predicted octanol–water partition coefficient (Wildman–Crippen LogP) is 2.98. The normalized spacial score (nSPS) is 10.3. The molecule has 0 bridgehead atoms. The summed E-state index contributed by atoms with van der Waals surface area (Å²) in [6, 6.07) is 12.6. The van der Waals surface area contributed by atoms with E-state index >= 15 is 0 Å². The lowest BCUT2D eigenvalue weighted by molar-refractivity contribution is -0.384. The van der Waals surface area contributed by atoms with Gasteiger partial charge in [0.25, 0.3) is 11.6 Å². The Labute approximate surface area is 159 Å². The van der Waals surface area contributed by atoms with Gasteiger partial charge in [-0.05, 0) is 30.3 Å². The maximum Gasteiger partial charge on any atom is 0.341 e. The summed E-state index contributed by atoms with van der Waals surface area (Å²) < 4.78 is 5.02. The van der Waals surface area contributed by atoms with Crippen molar-refractivity contribution in [3.63, 3.8) is 0 Å². The zero-order valence-electron chi connectivity index (χ0n) is 14.8. The second-order valence-electron chi connectivity index (χ2n) is 5.74. The van der Waals surface area contributed by atoms with Crippen LogP contribution in [0.2, 0.25) is 0 Å². The van der Waals surface area contributed by atoms with Gasteiger partial charge < -0.3 is 15.4 Å². The Morgan fingerprint density at radius 3 is 2.71 bits per heavy atom. The minimum Gasteiger partial charge on any atom is -0.452 e. The number of fused-ring (bicyclic) bond motifs is 1. The van der Waals surface area contributed by atoms with E-state index in [4.69, 9.17) is 4.74 Å². The van der Waals surface area contributed by atoms with E-state index in [1.165, 1.54) is 12.1 Å². The minimum absolute atomic E-state index is 0.0288. The van der Waals surface area contributed by atoms with Gasteiger partial charge in [-0.2, -0.15) is 0 Å². The molecule has 0 unspecified atom stereocenters. The van der Waals surface area contributed by atoms with E-state index in [9.17, 15) is 19.7 Å². The lowest BCUT2D eigenvalue weighted by atomic mass is 10.1. The van der Waals surface area contributed by atoms with Crippen molar-refractivity contribution in [2.24, 2.45) is 0 Å². The summed E-state index contributed by atoms with van der Waals surface area (Å²) in [5.74, 6) is -1.39. The topological polar surface area (TPSA) is 123 Å². The highest BCUT2D eigenvalue weighted by Crippen LogP contribution is 2.23. The van der Waals surface area contributed by atoms with Gasteiger partial charge in [0, 0.05) is 36.5 Å². The fourth-order valence-electron chi connectivity index (χ4n) is 2.64. The molecule has 0 aliphatic heterocycles. The highest BCUT2D eigenvalue weighted by atomic mass is 16.6. The number of hydrogen-bond acceptors (Lipinski definition) is 7. The number of nitrogens with zero attached hydrogens (tertiary/aromatic N) is 2. The Morgan fingerprint density at radius 1 is 1.14 bits per heavy atom. The molecule has 9 nitrogen and oxygen atoms in total. The Kier molecular flexibility index (Phi) is 5.45. The zero-order chi connectivity index (χ0) is 20.1. The van der Waals surface area contributed by atoms with Crippen molar-refractivity contribution in [2.75, 3.05) is 24.3 Å². The number of nitro benzene ring substituents is 1. The summed E-state index contributed by atoms with van der Waals surface area (Å²) in [7, 11) is 1.57. The average Bonchev–Trinajstić information content (AvgIpc) is 2.71. The maximum absolute atomic E-state index is 12.3. The van der Waals surface area contributed by atoms with Crippen LogP contribution in [0.15, 0.2) is 54.7 Å². The second-order valence-corrected chi connectivity index (χ2v) is 5.74. The number of non-ortho nitro benzene ring substituents is 1. The third kappa shape index (κ3) is 4.04. The monoisotopic (exact) mass is 380 g/mol. The van der Waals surface area contributed by atoms with Crippen molar-refractivity contribution >= 4 is 39.8 Å². The molecule has 1 heterocycles. The molecule has 9 heteroatoms. The van der Waals surface area contributed by atoms with Crippen LogP contribution < -0.4 is 10.6 Å². The number of rotatable bonds is 6. The van der Waals surface area contributed by atoms with Crippen molar-refractivity contribution in [1.29, 1.82) is 0 Å². The smallest absolute Gasteiger partial charge is 0.341 e. The molecule has 142 valence electrons. The molecule has 28 heavy (non-hydrogen) atoms. The zero-order valence-corrected chi connectivity index (χ0v) is 14.8. The molecule has 0 spiro atoms. The summed E-state index contributed by atoms with van der Waals surface area (Å²) in [6.07, 6.45) is 1.65. The molecule has 2 N–H and O–H groups in total. The van der Waals surface area contributed by atoms with Gasteiger partial charge >= 0.3 is 5.97 Å². The number of ether oxygens (including phenoxy) is 1. The van der Waals surface area contributed by atoms with E-state index in [0.29, 0.717) is 16.9 Å². The SMILES string of the molecule is CNc1ccc([N+](=O)[O-])cc1C(=O)OCC(=O)Nc1cccc2ncccc12. The number of carbonyl (C=O) groups excluding carboxylic acids is 2. The fraction of sp³-hybridized carbons (Fsp3) is 0.105. The highest BCUT2D eigenvalue weighted by Gasteiger charge is 2.18. The van der Waals surface area contributed by atoms with Crippen LogP contribution in [0.1, 0.15) is 10.4 Å². The molecule has 3 aromatic rings. The van der Waals surface area contributed by atoms with Gasteiger partial charge in [-0.3, -0.25) is 19.9 Å². The highest BCUT2D eigenvalue weighted by molar-refractivity contribution is 6.03. The summed E-state index contributed by atoms with van der Waals surface area (Å²) in [4.78, 5) is 39.0. The van der Waals surface area contributed by atoms with Crippen molar-refractivity contribution < 1.29 is 19.2 Å². The Hall–Kier alpha value is -4.01. The third-order valence-corrected chi connectivity index (χ3v) is 3.96. The van der Waals surface area contributed by atoms with Crippen LogP contribution in [-0.2, 0) is 9.53 Å². The molecule has 1 aromatic heterocycles. The van der Waals surface area contributed by atoms with Gasteiger partial charge in [0.05, 0.1) is 21.7 Å². The maximum atomic E-state index is 12.3. The van der Waals surface area contributed by atoms with Gasteiger partial charge in [0.1, 0.15) is 0 Å². The van der Waals surface area contributed by atoms with Crippen LogP contribution in [0, 0.1) is 10.1 Å². The van der Waals surface area contributed by atoms with Gasteiger partial charge in [0.2, 0.25) is 0 Å². The van der Waals surface area contributed by atoms with Crippen LogP contribution in [0.3, 0.4) is 0 Å². The Morgan fingerprint density at radius 2 is 1.96 bits per heavy atom. The van der Waals surface area contributed by atoms with Crippen molar-refractivity contribution in [3.05, 3.63) is 70.4 Å². The third-order valence-electron chi connectivity index (χ3n) is 3.96. The molecule has 2 aromatic carbocycles. The molecular weight excluding hydrogens is 364 g/mol. The van der Waals surface area contributed by atoms with Crippen LogP contribution in [0.25, 0.3) is 10.9 Å². The summed E-state index contributed by atoms with van der Waals surface area (Å²) >= 11 is 0. The lowest BCUT2D eigenvalue weighted by Gasteiger charge is -2.10. The van der Waals surface area contributed by atoms with Crippen molar-refractivity contribution in [3.8, 4) is 0 Å². The fourth-order valence-corrected chi connectivity index (χ4v) is 2.64. The van der Waals surface area contributed by atoms with Crippen molar-refractivity contribution in [1.82, 2.24) is 4.98 Å². The summed E-state index contributed by atoms with van der Waals surface area (Å²) in [6.45, 7) is -0.540. The molecule has 1 amide bonds. The molecule has 0 aliphatic carbocycles. The molecule has 3 rings (SSSR count). The van der Waals surface area contributed by atoms with E-state index in [0.717, 1.165) is 11.5 Å². The Bertz CT molecular complexity index is 1060. The number of anilines is 2. The quantitative estimate of drug-likeness (QED) is 0.383. The van der Waals surface area contributed by atoms with Gasteiger partial charge in [-0.1, -0.05) is 6.07 Å².